The Kier molecular flexibility index (Phi) is 7.40. The van der Waals surface area contributed by atoms with E-state index in [1.165, 1.54) is 30.0 Å². The van der Waals surface area contributed by atoms with Crippen LogP contribution in [0, 0.1) is 5.92 Å². The summed E-state index contributed by atoms with van der Waals surface area (Å²) in [4.78, 5) is 23.1. The minimum atomic E-state index is -0.123. The number of amides is 2. The molecule has 140 valence electrons. The van der Waals surface area contributed by atoms with Crippen LogP contribution in [0.2, 0.25) is 0 Å². The molecule has 0 saturated carbocycles. The summed E-state index contributed by atoms with van der Waals surface area (Å²) in [5, 5.41) is 17.7. The minimum absolute atomic E-state index is 0.0103. The third kappa shape index (κ3) is 6.64. The molecule has 0 spiro atoms. The van der Waals surface area contributed by atoms with Crippen molar-refractivity contribution in [3.8, 4) is 0 Å². The number of nitrogens with one attached hydrogen (secondary N) is 3. The van der Waals surface area contributed by atoms with Gasteiger partial charge >= 0.3 is 0 Å². The number of rotatable bonds is 8. The van der Waals surface area contributed by atoms with Gasteiger partial charge in [-0.1, -0.05) is 43.0 Å². The summed E-state index contributed by atoms with van der Waals surface area (Å²) < 4.78 is 0.720. The van der Waals surface area contributed by atoms with Crippen molar-refractivity contribution in [2.45, 2.75) is 38.1 Å². The molecule has 9 heteroatoms. The van der Waals surface area contributed by atoms with Crippen molar-refractivity contribution in [2.75, 3.05) is 16.4 Å². The average Bonchev–Trinajstić information content (AvgIpc) is 3.00. The molecular weight excluding hydrogens is 370 g/mol. The van der Waals surface area contributed by atoms with Gasteiger partial charge in [0.15, 0.2) is 4.34 Å². The second-order valence-electron chi connectivity index (χ2n) is 6.15. The number of aromatic nitrogens is 2. The van der Waals surface area contributed by atoms with Crippen LogP contribution in [0.25, 0.3) is 0 Å². The van der Waals surface area contributed by atoms with Crippen LogP contribution >= 0.6 is 23.1 Å². The van der Waals surface area contributed by atoms with Crippen molar-refractivity contribution in [2.24, 2.45) is 5.92 Å². The van der Waals surface area contributed by atoms with Crippen LogP contribution in [0.4, 0.5) is 16.5 Å². The first-order valence-corrected chi connectivity index (χ1v) is 10.0. The Labute approximate surface area is 161 Å². The van der Waals surface area contributed by atoms with E-state index in [2.05, 4.69) is 40.0 Å². The maximum Gasteiger partial charge on any atom is 0.230 e. The van der Waals surface area contributed by atoms with Gasteiger partial charge in [0, 0.05) is 24.3 Å². The van der Waals surface area contributed by atoms with Crippen molar-refractivity contribution < 1.29 is 9.59 Å². The summed E-state index contributed by atoms with van der Waals surface area (Å²) >= 11 is 2.74. The minimum Gasteiger partial charge on any atom is -0.353 e. The molecule has 1 heterocycles. The molecule has 2 amide bonds. The van der Waals surface area contributed by atoms with Gasteiger partial charge in [-0.3, -0.25) is 9.59 Å². The molecule has 2 aromatic rings. The molecule has 1 atom stereocenters. The SMILES string of the molecule is CC(=O)Nc1cccc(Nc2nnc(SCC(=O)NC(C)C(C)C)s2)c1. The molecule has 2 rings (SSSR count). The highest BCUT2D eigenvalue weighted by atomic mass is 32.2. The van der Waals surface area contributed by atoms with Crippen LogP contribution < -0.4 is 16.0 Å². The number of hydrogen-bond acceptors (Lipinski definition) is 7. The molecule has 0 radical (unpaired) electrons. The Hall–Kier alpha value is -2.13. The largest absolute Gasteiger partial charge is 0.353 e. The Morgan fingerprint density at radius 1 is 1.19 bits per heavy atom. The van der Waals surface area contributed by atoms with Gasteiger partial charge in [0.25, 0.3) is 0 Å². The maximum absolute atomic E-state index is 11.9. The fourth-order valence-corrected chi connectivity index (χ4v) is 3.49. The number of benzene rings is 1. The number of anilines is 3. The lowest BCUT2D eigenvalue weighted by molar-refractivity contribution is -0.119. The predicted octanol–water partition coefficient (Wildman–Crippen LogP) is 3.49. The van der Waals surface area contributed by atoms with E-state index in [-0.39, 0.29) is 17.9 Å². The molecule has 0 aliphatic rings. The van der Waals surface area contributed by atoms with Crippen LogP contribution in [0.3, 0.4) is 0 Å². The monoisotopic (exact) mass is 393 g/mol. The van der Waals surface area contributed by atoms with Crippen molar-refractivity contribution in [3.05, 3.63) is 24.3 Å². The van der Waals surface area contributed by atoms with Crippen molar-refractivity contribution in [3.63, 3.8) is 0 Å². The summed E-state index contributed by atoms with van der Waals surface area (Å²) in [7, 11) is 0. The van der Waals surface area contributed by atoms with Gasteiger partial charge in [-0.15, -0.1) is 10.2 Å². The summed E-state index contributed by atoms with van der Waals surface area (Å²) in [6.45, 7) is 7.60. The molecule has 1 aromatic heterocycles. The number of hydrogen-bond donors (Lipinski definition) is 3. The highest BCUT2D eigenvalue weighted by Gasteiger charge is 2.12. The third-order valence-corrected chi connectivity index (χ3v) is 5.53. The molecular formula is C17H23N5O2S2. The van der Waals surface area contributed by atoms with Gasteiger partial charge in [-0.2, -0.15) is 0 Å². The molecule has 7 nitrogen and oxygen atoms in total. The highest BCUT2D eigenvalue weighted by Crippen LogP contribution is 2.28. The first-order chi connectivity index (χ1) is 12.3. The van der Waals surface area contributed by atoms with Gasteiger partial charge in [0.05, 0.1) is 5.75 Å². The second kappa shape index (κ2) is 9.54. The lowest BCUT2D eigenvalue weighted by Gasteiger charge is -2.16. The molecule has 3 N–H and O–H groups in total. The average molecular weight is 394 g/mol. The molecule has 0 aliphatic carbocycles. The molecule has 0 fully saturated rings. The zero-order chi connectivity index (χ0) is 19.1. The lowest BCUT2D eigenvalue weighted by Crippen LogP contribution is -2.37. The smallest absolute Gasteiger partial charge is 0.230 e. The highest BCUT2D eigenvalue weighted by molar-refractivity contribution is 8.01. The summed E-state index contributed by atoms with van der Waals surface area (Å²) in [5.41, 5.74) is 1.50. The second-order valence-corrected chi connectivity index (χ2v) is 8.35. The Balaban J connectivity index is 1.88. The fourth-order valence-electron chi connectivity index (χ4n) is 1.91. The molecule has 26 heavy (non-hydrogen) atoms. The topological polar surface area (TPSA) is 96.0 Å². The van der Waals surface area contributed by atoms with Crippen LogP contribution in [0.15, 0.2) is 28.6 Å². The predicted molar refractivity (Wildman–Crippen MR) is 107 cm³/mol. The van der Waals surface area contributed by atoms with Crippen LogP contribution in [-0.2, 0) is 9.59 Å². The Bertz CT molecular complexity index is 763. The van der Waals surface area contributed by atoms with Gasteiger partial charge in [-0.25, -0.2) is 0 Å². The number of nitrogens with zero attached hydrogens (tertiary/aromatic N) is 2. The van der Waals surface area contributed by atoms with Crippen LogP contribution in [0.5, 0.6) is 0 Å². The maximum atomic E-state index is 11.9. The van der Waals surface area contributed by atoms with E-state index in [1.807, 2.05) is 31.2 Å². The van der Waals surface area contributed by atoms with E-state index >= 15 is 0 Å². The van der Waals surface area contributed by atoms with Crippen LogP contribution in [0.1, 0.15) is 27.7 Å². The Morgan fingerprint density at radius 3 is 2.62 bits per heavy atom. The zero-order valence-electron chi connectivity index (χ0n) is 15.2. The molecule has 1 aromatic carbocycles. The fraction of sp³-hybridized carbons (Fsp3) is 0.412. The van der Waals surface area contributed by atoms with E-state index < -0.39 is 0 Å². The molecule has 0 bridgehead atoms. The van der Waals surface area contributed by atoms with Crippen LogP contribution in [-0.4, -0.2) is 33.8 Å². The summed E-state index contributed by atoms with van der Waals surface area (Å²) in [5.74, 6) is 0.573. The normalized spacial score (nSPS) is 11.9. The molecule has 0 saturated heterocycles. The molecule has 0 aliphatic heterocycles. The van der Waals surface area contributed by atoms with E-state index in [1.54, 1.807) is 0 Å². The van der Waals surface area contributed by atoms with E-state index in [4.69, 9.17) is 0 Å². The lowest BCUT2D eigenvalue weighted by atomic mass is 10.1. The van der Waals surface area contributed by atoms with E-state index in [9.17, 15) is 9.59 Å². The Morgan fingerprint density at radius 2 is 1.92 bits per heavy atom. The summed E-state index contributed by atoms with van der Waals surface area (Å²) in [6.07, 6.45) is 0. The first-order valence-electron chi connectivity index (χ1n) is 8.24. The number of carbonyl (C=O) groups excluding carboxylic acids is 2. The van der Waals surface area contributed by atoms with Gasteiger partial charge < -0.3 is 16.0 Å². The van der Waals surface area contributed by atoms with Crippen molar-refractivity contribution >= 4 is 51.4 Å². The molecule has 1 unspecified atom stereocenters. The van der Waals surface area contributed by atoms with Gasteiger partial charge in [0.2, 0.25) is 16.9 Å². The third-order valence-electron chi connectivity index (χ3n) is 3.56. The van der Waals surface area contributed by atoms with E-state index in [0.29, 0.717) is 22.5 Å². The van der Waals surface area contributed by atoms with E-state index in [0.717, 1.165) is 10.0 Å². The quantitative estimate of drug-likeness (QED) is 0.594. The van der Waals surface area contributed by atoms with Crippen molar-refractivity contribution in [1.82, 2.24) is 15.5 Å². The summed E-state index contributed by atoms with van der Waals surface area (Å²) in [6, 6.07) is 7.48. The zero-order valence-corrected chi connectivity index (χ0v) is 16.8. The van der Waals surface area contributed by atoms with Crippen molar-refractivity contribution in [1.29, 1.82) is 0 Å². The number of thioether (sulfide) groups is 1. The van der Waals surface area contributed by atoms with Gasteiger partial charge in [0.1, 0.15) is 0 Å². The van der Waals surface area contributed by atoms with Gasteiger partial charge in [-0.05, 0) is 31.0 Å². The standard InChI is InChI=1S/C17H23N5O2S2/c1-10(2)11(3)18-15(24)9-25-17-22-21-16(26-17)20-14-7-5-6-13(8-14)19-12(4)23/h5-8,10-11H,9H2,1-4H3,(H,18,24)(H,19,23)(H,20,21). The first kappa shape index (κ1) is 20.2. The number of carbonyl (C=O) groups is 2.